The van der Waals surface area contributed by atoms with Gasteiger partial charge in [0, 0.05) is 31.0 Å². The molecule has 0 heterocycles. The number of rotatable bonds is 1. The maximum atomic E-state index is 8.89. The summed E-state index contributed by atoms with van der Waals surface area (Å²) in [4.78, 5) is 26.7. The number of carbonyl (C=O) groups excluding carboxylic acids is 3. The maximum absolute atomic E-state index is 8.89. The van der Waals surface area contributed by atoms with E-state index in [0.29, 0.717) is 13.1 Å². The zero-order valence-corrected chi connectivity index (χ0v) is 11.2. The van der Waals surface area contributed by atoms with Crippen LogP contribution in [0, 0.1) is 0 Å². The van der Waals surface area contributed by atoms with Crippen LogP contribution in [0.1, 0.15) is 20.8 Å². The third kappa shape index (κ3) is 130000. The Morgan fingerprint density at radius 2 is 0.824 bits per heavy atom. The van der Waals surface area contributed by atoms with Crippen LogP contribution in [0.5, 0.6) is 0 Å². The smallest absolute Gasteiger partial charge is 0.550 e. The first kappa shape index (κ1) is 29.7. The van der Waals surface area contributed by atoms with E-state index in [2.05, 4.69) is 0 Å². The Morgan fingerprint density at radius 1 is 0.765 bits per heavy atom. The third-order valence-corrected chi connectivity index (χ3v) is 0.167. The van der Waals surface area contributed by atoms with Crippen LogP contribution in [0.4, 0.5) is 0 Å². The molecule has 0 aliphatic carbocycles. The monoisotopic (exact) mass is 289 g/mol. The fourth-order valence-electron chi connectivity index (χ4n) is 0. The molecule has 0 saturated heterocycles. The number of carboxylic acid groups (broad SMARTS) is 3. The largest absolute Gasteiger partial charge is 3.00 e. The molecular formula is C8H17CrN2O6. The van der Waals surface area contributed by atoms with Crippen LogP contribution in [0.3, 0.4) is 0 Å². The second-order valence-electron chi connectivity index (χ2n) is 2.05. The van der Waals surface area contributed by atoms with Crippen molar-refractivity contribution in [2.75, 3.05) is 13.1 Å². The number of nitrogens with two attached hydrogens (primary N) is 2. The second kappa shape index (κ2) is 29.4. The minimum absolute atomic E-state index is 0. The summed E-state index contributed by atoms with van der Waals surface area (Å²) in [5.41, 5.74) is 9.81. The number of hydrogen-bond acceptors (Lipinski definition) is 8. The van der Waals surface area contributed by atoms with E-state index in [0.717, 1.165) is 20.8 Å². The van der Waals surface area contributed by atoms with Crippen LogP contribution in [-0.2, 0) is 31.7 Å². The van der Waals surface area contributed by atoms with Crippen molar-refractivity contribution < 1.29 is 47.1 Å². The van der Waals surface area contributed by atoms with Crippen molar-refractivity contribution in [3.05, 3.63) is 0 Å². The summed E-state index contributed by atoms with van der Waals surface area (Å²) >= 11 is 0. The van der Waals surface area contributed by atoms with Crippen molar-refractivity contribution in [2.24, 2.45) is 11.5 Å². The van der Waals surface area contributed by atoms with Gasteiger partial charge in [-0.1, -0.05) is 0 Å². The van der Waals surface area contributed by atoms with Gasteiger partial charge in [0.05, 0.1) is 0 Å². The Hall–Kier alpha value is -1.14. The van der Waals surface area contributed by atoms with Crippen LogP contribution in [0.25, 0.3) is 0 Å². The predicted octanol–water partition coefficient (Wildman–Crippen LogP) is -4.83. The molecule has 0 aromatic heterocycles. The van der Waals surface area contributed by atoms with Crippen molar-refractivity contribution >= 4 is 17.9 Å². The quantitative estimate of drug-likeness (QED) is 0.483. The molecule has 8 nitrogen and oxygen atoms in total. The molecule has 0 saturated carbocycles. The summed E-state index contributed by atoms with van der Waals surface area (Å²) in [6.07, 6.45) is 0. The molecule has 4 N–H and O–H groups in total. The van der Waals surface area contributed by atoms with Gasteiger partial charge in [-0.05, 0) is 20.8 Å². The SMILES string of the molecule is CC(=O)[O-].CC(=O)[O-].CC(=O)[O-].NCCN.[Cr+3]. The van der Waals surface area contributed by atoms with Crippen molar-refractivity contribution in [2.45, 2.75) is 20.8 Å². The van der Waals surface area contributed by atoms with E-state index < -0.39 is 17.9 Å². The van der Waals surface area contributed by atoms with Gasteiger partial charge in [0.1, 0.15) is 0 Å². The van der Waals surface area contributed by atoms with Crippen LogP contribution in [0.2, 0.25) is 0 Å². The average Bonchev–Trinajstić information content (AvgIpc) is 2.00. The van der Waals surface area contributed by atoms with Crippen LogP contribution in [0.15, 0.2) is 0 Å². The van der Waals surface area contributed by atoms with E-state index >= 15 is 0 Å². The second-order valence-corrected chi connectivity index (χ2v) is 2.05. The molecular weight excluding hydrogens is 272 g/mol. The van der Waals surface area contributed by atoms with Crippen LogP contribution < -0.4 is 26.8 Å². The molecule has 0 fully saturated rings. The van der Waals surface area contributed by atoms with Gasteiger partial charge >= 0.3 is 17.4 Å². The van der Waals surface area contributed by atoms with Crippen molar-refractivity contribution in [1.29, 1.82) is 0 Å². The van der Waals surface area contributed by atoms with Crippen molar-refractivity contribution in [3.63, 3.8) is 0 Å². The first-order valence-corrected chi connectivity index (χ1v) is 4.04. The summed E-state index contributed by atoms with van der Waals surface area (Å²) in [6.45, 7) is 4.11. The van der Waals surface area contributed by atoms with Crippen LogP contribution in [-0.4, -0.2) is 31.0 Å². The molecule has 1 radical (unpaired) electrons. The van der Waals surface area contributed by atoms with Gasteiger partial charge in [0.25, 0.3) is 0 Å². The molecule has 101 valence electrons. The predicted molar refractivity (Wildman–Crippen MR) is 50.2 cm³/mol. The van der Waals surface area contributed by atoms with Crippen molar-refractivity contribution in [1.82, 2.24) is 0 Å². The zero-order chi connectivity index (χ0) is 14.1. The van der Waals surface area contributed by atoms with E-state index in [1.54, 1.807) is 0 Å². The molecule has 17 heavy (non-hydrogen) atoms. The Labute approximate surface area is 111 Å². The molecule has 9 heteroatoms. The molecule has 0 amide bonds. The summed E-state index contributed by atoms with van der Waals surface area (Å²) in [5, 5.41) is 26.7. The maximum Gasteiger partial charge on any atom is 3.00 e. The van der Waals surface area contributed by atoms with E-state index in [1.165, 1.54) is 0 Å². The fraction of sp³-hybridized carbons (Fsp3) is 0.625. The average molecular weight is 289 g/mol. The number of hydrogen-bond donors (Lipinski definition) is 2. The Bertz CT molecular complexity index is 146. The molecule has 0 aliphatic rings. The molecule has 0 spiro atoms. The van der Waals surface area contributed by atoms with E-state index in [-0.39, 0.29) is 17.4 Å². The Kier molecular flexibility index (Phi) is 51.3. The van der Waals surface area contributed by atoms with E-state index in [9.17, 15) is 0 Å². The minimum atomic E-state index is -1.08. The third-order valence-electron chi connectivity index (χ3n) is 0.167. The van der Waals surface area contributed by atoms with Gasteiger partial charge in [-0.3, -0.25) is 0 Å². The van der Waals surface area contributed by atoms with Gasteiger partial charge in [-0.2, -0.15) is 0 Å². The van der Waals surface area contributed by atoms with Gasteiger partial charge in [0.2, 0.25) is 0 Å². The molecule has 0 unspecified atom stereocenters. The normalized spacial score (nSPS) is 6.18. The van der Waals surface area contributed by atoms with Crippen LogP contribution >= 0.6 is 0 Å². The minimum Gasteiger partial charge on any atom is -0.550 e. The standard InChI is InChI=1S/C2H8N2.3C2H4O2.Cr/c3-1-2-4;3*1-2(3)4;/h1-4H2;3*1H3,(H,3,4);/q;;;;+3/p-3. The summed E-state index contributed by atoms with van der Waals surface area (Å²) < 4.78 is 0. The van der Waals surface area contributed by atoms with Gasteiger partial charge in [0.15, 0.2) is 0 Å². The summed E-state index contributed by atoms with van der Waals surface area (Å²) in [5.74, 6) is -3.25. The summed E-state index contributed by atoms with van der Waals surface area (Å²) in [7, 11) is 0. The first-order valence-electron chi connectivity index (χ1n) is 4.04. The Morgan fingerprint density at radius 3 is 0.824 bits per heavy atom. The van der Waals surface area contributed by atoms with E-state index in [1.807, 2.05) is 0 Å². The van der Waals surface area contributed by atoms with Crippen molar-refractivity contribution in [3.8, 4) is 0 Å². The van der Waals surface area contributed by atoms with Gasteiger partial charge < -0.3 is 41.2 Å². The molecule has 0 rings (SSSR count). The van der Waals surface area contributed by atoms with E-state index in [4.69, 9.17) is 41.2 Å². The molecule has 0 atom stereocenters. The molecule has 0 bridgehead atoms. The number of carbonyl (C=O) groups is 3. The fourth-order valence-corrected chi connectivity index (χ4v) is 0. The van der Waals surface area contributed by atoms with Gasteiger partial charge in [-0.15, -0.1) is 0 Å². The first-order chi connectivity index (χ1) is 7.11. The summed E-state index contributed by atoms with van der Waals surface area (Å²) in [6, 6.07) is 0. The van der Waals surface area contributed by atoms with Gasteiger partial charge in [-0.25, -0.2) is 0 Å². The zero-order valence-electron chi connectivity index (χ0n) is 9.93. The number of aliphatic carboxylic acids is 3. The molecule has 0 aliphatic heterocycles. The number of carboxylic acids is 3. The molecule has 0 aromatic rings. The molecule has 0 aromatic carbocycles. The Balaban J connectivity index is -0.0000000369. The topological polar surface area (TPSA) is 172 Å².